The lowest BCUT2D eigenvalue weighted by Gasteiger charge is -2.40. The van der Waals surface area contributed by atoms with Crippen LogP contribution in [0.3, 0.4) is 0 Å². The van der Waals surface area contributed by atoms with Gasteiger partial charge in [-0.05, 0) is 56.2 Å². The molecule has 4 aromatic rings. The van der Waals surface area contributed by atoms with E-state index in [1.54, 1.807) is 43.3 Å². The number of aryl methyl sites for hydroxylation is 2. The number of halogens is 4. The Hall–Kier alpha value is -5.21. The lowest BCUT2D eigenvalue weighted by molar-refractivity contribution is -0.141. The third kappa shape index (κ3) is 7.15. The van der Waals surface area contributed by atoms with E-state index >= 15 is 0 Å². The minimum Gasteiger partial charge on any atom is -0.487 e. The number of ether oxygens (including phenoxy) is 2. The van der Waals surface area contributed by atoms with Crippen LogP contribution in [0.2, 0.25) is 0 Å². The van der Waals surface area contributed by atoms with E-state index in [4.69, 9.17) is 9.47 Å². The molecule has 2 aliphatic heterocycles. The number of anilines is 1. The van der Waals surface area contributed by atoms with Gasteiger partial charge in [-0.25, -0.2) is 19.2 Å². The van der Waals surface area contributed by atoms with Crippen molar-refractivity contribution in [1.82, 2.24) is 29.6 Å². The molecular formula is C34H35F4N7O4. The zero-order valence-corrected chi connectivity index (χ0v) is 27.2. The maximum absolute atomic E-state index is 14.8. The fourth-order valence-corrected chi connectivity index (χ4v) is 5.74. The van der Waals surface area contributed by atoms with Gasteiger partial charge in [0.05, 0.1) is 23.9 Å². The van der Waals surface area contributed by atoms with Gasteiger partial charge < -0.3 is 24.3 Å². The summed E-state index contributed by atoms with van der Waals surface area (Å²) in [4.78, 5) is 36.3. The van der Waals surface area contributed by atoms with Crippen LogP contribution in [0.25, 0.3) is 17.2 Å². The summed E-state index contributed by atoms with van der Waals surface area (Å²) in [7, 11) is 0. The van der Waals surface area contributed by atoms with Gasteiger partial charge in [0.15, 0.2) is 23.1 Å². The molecule has 2 aliphatic rings. The zero-order valence-electron chi connectivity index (χ0n) is 27.2. The van der Waals surface area contributed by atoms with Crippen molar-refractivity contribution in [3.05, 3.63) is 82.6 Å². The molecule has 6 rings (SSSR count). The lowest BCUT2D eigenvalue weighted by atomic mass is 9.91. The first-order chi connectivity index (χ1) is 23.4. The highest BCUT2D eigenvalue weighted by Crippen LogP contribution is 2.44. The molecule has 1 N–H and O–H groups in total. The maximum Gasteiger partial charge on any atom is 0.435 e. The number of rotatable bonds is 10. The number of ketones is 1. The van der Waals surface area contributed by atoms with Crippen LogP contribution in [0.15, 0.2) is 48.4 Å². The minimum atomic E-state index is -4.75. The molecule has 0 spiro atoms. The molecule has 1 saturated heterocycles. The quantitative estimate of drug-likeness (QED) is 0.122. The second kappa shape index (κ2) is 13.7. The number of unbranched alkanes of at least 4 members (excludes halogenated alkanes) is 1. The minimum absolute atomic E-state index is 0.0227. The predicted molar refractivity (Wildman–Crippen MR) is 172 cm³/mol. The van der Waals surface area contributed by atoms with Crippen molar-refractivity contribution < 1.29 is 36.6 Å². The number of pyridine rings is 1. The standard InChI is InChI=1S/C34H35F4N7O4/c1-4-6-11-48-33(47)41-24-16-44(17-24)32-28(35)8-7-23(40-32)14-22-19-49-30-25(27-18-45(5-2)42-31(27)34(36,37)38)12-21(13-26(30)29(22)46)15-43-10-9-39-20(43)3/h7-10,12-14,18,24H,4-6,11,15-17,19H2,1-3H3,(H,41,47)/b22-14+. The Bertz CT molecular complexity index is 1910. The molecule has 0 atom stereocenters. The number of nitrogens with one attached hydrogen (secondary N) is 1. The first-order valence-corrected chi connectivity index (χ1v) is 16.0. The number of nitrogens with zero attached hydrogens (tertiary/aromatic N) is 6. The molecule has 5 heterocycles. The summed E-state index contributed by atoms with van der Waals surface area (Å²) in [5.41, 5.74) is -0.0510. The third-order valence-corrected chi connectivity index (χ3v) is 8.38. The van der Waals surface area contributed by atoms with Crippen molar-refractivity contribution in [3.63, 3.8) is 0 Å². The molecular weight excluding hydrogens is 646 g/mol. The fraction of sp³-hybridized carbons (Fsp3) is 0.382. The SMILES string of the molecule is CCCCOC(=O)NC1CN(c2nc(/C=C3\COc4c(cc(Cn5ccnc5C)cc4-c4cn(CC)nc4C(F)(F)F)C3=O)ccc2F)C1. The van der Waals surface area contributed by atoms with Crippen LogP contribution in [0, 0.1) is 12.7 Å². The van der Waals surface area contributed by atoms with Gasteiger partial charge in [-0.3, -0.25) is 9.48 Å². The highest BCUT2D eigenvalue weighted by Gasteiger charge is 2.39. The molecule has 3 aromatic heterocycles. The first kappa shape index (κ1) is 33.7. The van der Waals surface area contributed by atoms with Crippen LogP contribution >= 0.6 is 0 Å². The van der Waals surface area contributed by atoms with E-state index in [1.807, 2.05) is 11.5 Å². The number of hydrogen-bond donors (Lipinski definition) is 1. The number of alkyl halides is 3. The first-order valence-electron chi connectivity index (χ1n) is 16.0. The molecule has 0 unspecified atom stereocenters. The van der Waals surface area contributed by atoms with Gasteiger partial charge in [0, 0.05) is 61.5 Å². The summed E-state index contributed by atoms with van der Waals surface area (Å²) >= 11 is 0. The predicted octanol–water partition coefficient (Wildman–Crippen LogP) is 6.05. The number of Topliss-reactive ketones (excluding diaryl/α,β-unsaturated/α-hetero) is 1. The molecule has 258 valence electrons. The van der Waals surface area contributed by atoms with Gasteiger partial charge >= 0.3 is 12.3 Å². The highest BCUT2D eigenvalue weighted by molar-refractivity contribution is 6.15. The van der Waals surface area contributed by atoms with Crippen LogP contribution in [0.5, 0.6) is 5.75 Å². The van der Waals surface area contributed by atoms with Crippen LogP contribution in [-0.2, 0) is 24.0 Å². The normalized spacial score (nSPS) is 15.6. The van der Waals surface area contributed by atoms with E-state index in [2.05, 4.69) is 20.4 Å². The number of carbonyl (C=O) groups is 2. The summed E-state index contributed by atoms with van der Waals surface area (Å²) in [5.74, 6) is -0.254. The van der Waals surface area contributed by atoms with Crippen LogP contribution in [-0.4, -0.2) is 68.5 Å². The van der Waals surface area contributed by atoms with Gasteiger partial charge in [0.1, 0.15) is 18.2 Å². The Kier molecular flexibility index (Phi) is 9.43. The molecule has 11 nitrogen and oxygen atoms in total. The summed E-state index contributed by atoms with van der Waals surface area (Å²) in [6.45, 7) is 6.63. The summed E-state index contributed by atoms with van der Waals surface area (Å²) < 4.78 is 71.5. The van der Waals surface area contributed by atoms with E-state index in [9.17, 15) is 27.2 Å². The van der Waals surface area contributed by atoms with Crippen LogP contribution < -0.4 is 15.0 Å². The molecule has 0 saturated carbocycles. The Morgan fingerprint density at radius 2 is 1.94 bits per heavy atom. The van der Waals surface area contributed by atoms with Gasteiger partial charge in [-0.2, -0.15) is 18.3 Å². The molecule has 49 heavy (non-hydrogen) atoms. The average molecular weight is 682 g/mol. The van der Waals surface area contributed by atoms with Crippen molar-refractivity contribution in [2.75, 3.05) is 31.2 Å². The topological polar surface area (TPSA) is 116 Å². The summed E-state index contributed by atoms with van der Waals surface area (Å²) in [6.07, 6.45) is 2.52. The Balaban J connectivity index is 1.30. The number of aromatic nitrogens is 5. The number of imidazole rings is 1. The fourth-order valence-electron chi connectivity index (χ4n) is 5.74. The van der Waals surface area contributed by atoms with Crippen molar-refractivity contribution in [3.8, 4) is 16.9 Å². The van der Waals surface area contributed by atoms with Crippen molar-refractivity contribution >= 4 is 23.8 Å². The number of fused-ring (bicyclic) bond motifs is 1. The van der Waals surface area contributed by atoms with E-state index in [1.165, 1.54) is 29.1 Å². The van der Waals surface area contributed by atoms with Crippen molar-refractivity contribution in [2.45, 2.75) is 58.9 Å². The van der Waals surface area contributed by atoms with E-state index in [-0.39, 0.29) is 65.3 Å². The smallest absolute Gasteiger partial charge is 0.435 e. The van der Waals surface area contributed by atoms with Gasteiger partial charge in [0.2, 0.25) is 0 Å². The van der Waals surface area contributed by atoms with Gasteiger partial charge in [0.25, 0.3) is 0 Å². The monoisotopic (exact) mass is 681 g/mol. The summed E-state index contributed by atoms with van der Waals surface area (Å²) in [5, 5.41) is 6.51. The van der Waals surface area contributed by atoms with Crippen molar-refractivity contribution in [1.29, 1.82) is 0 Å². The molecule has 1 fully saturated rings. The largest absolute Gasteiger partial charge is 0.487 e. The van der Waals surface area contributed by atoms with E-state index < -0.39 is 29.6 Å². The van der Waals surface area contributed by atoms with Gasteiger partial charge in [-0.15, -0.1) is 0 Å². The lowest BCUT2D eigenvalue weighted by Crippen LogP contribution is -2.60. The molecule has 1 aromatic carbocycles. The zero-order chi connectivity index (χ0) is 34.9. The maximum atomic E-state index is 14.8. The second-order valence-corrected chi connectivity index (χ2v) is 11.9. The Morgan fingerprint density at radius 3 is 2.63 bits per heavy atom. The molecule has 0 radical (unpaired) electrons. The number of carbonyl (C=O) groups excluding carboxylic acids is 2. The number of benzene rings is 1. The number of hydrogen-bond acceptors (Lipinski definition) is 8. The molecule has 0 aliphatic carbocycles. The van der Waals surface area contributed by atoms with Gasteiger partial charge in [-0.1, -0.05) is 13.3 Å². The molecule has 1 amide bonds. The third-order valence-electron chi connectivity index (χ3n) is 8.38. The van der Waals surface area contributed by atoms with E-state index in [0.717, 1.165) is 12.8 Å². The van der Waals surface area contributed by atoms with Crippen molar-refractivity contribution in [2.24, 2.45) is 0 Å². The molecule has 0 bridgehead atoms. The van der Waals surface area contributed by atoms with Crippen LogP contribution in [0.4, 0.5) is 28.2 Å². The highest BCUT2D eigenvalue weighted by atomic mass is 19.4. The summed E-state index contributed by atoms with van der Waals surface area (Å²) in [6, 6.07) is 5.62. The molecule has 15 heteroatoms. The van der Waals surface area contributed by atoms with Crippen LogP contribution in [0.1, 0.15) is 59.8 Å². The number of alkyl carbamates (subject to hydrolysis) is 1. The Labute approximate surface area is 279 Å². The average Bonchev–Trinajstić information content (AvgIpc) is 3.67. The van der Waals surface area contributed by atoms with E-state index in [0.29, 0.717) is 31.1 Å². The number of amides is 1. The Morgan fingerprint density at radius 1 is 1.16 bits per heavy atom. The second-order valence-electron chi connectivity index (χ2n) is 11.9.